The zero-order chi connectivity index (χ0) is 17.5. The quantitative estimate of drug-likeness (QED) is 0.815. The Hall–Kier alpha value is -3.02. The molecule has 0 heterocycles. The second-order valence-electron chi connectivity index (χ2n) is 5.01. The molecular weight excluding hydrogens is 310 g/mol. The molecule has 0 saturated heterocycles. The Morgan fingerprint density at radius 2 is 1.79 bits per heavy atom. The molecule has 0 aliphatic carbocycles. The Labute approximate surface area is 140 Å². The number of hydrogen-bond donors (Lipinski definition) is 2. The molecule has 1 atom stereocenters. The van der Waals surface area contributed by atoms with Crippen LogP contribution in [0.4, 0.5) is 5.69 Å². The smallest absolute Gasteiger partial charge is 0.344 e. The molecule has 126 valence electrons. The summed E-state index contributed by atoms with van der Waals surface area (Å²) in [5.41, 5.74) is 1.01. The fourth-order valence-electron chi connectivity index (χ4n) is 1.99. The van der Waals surface area contributed by atoms with E-state index < -0.39 is 12.1 Å². The maximum absolute atomic E-state index is 12.3. The van der Waals surface area contributed by atoms with Crippen molar-refractivity contribution in [2.75, 3.05) is 11.9 Å². The van der Waals surface area contributed by atoms with Crippen LogP contribution in [0.3, 0.4) is 0 Å². The Morgan fingerprint density at radius 1 is 1.12 bits per heavy atom. The van der Waals surface area contributed by atoms with E-state index in [9.17, 15) is 9.59 Å². The van der Waals surface area contributed by atoms with Gasteiger partial charge in [-0.2, -0.15) is 0 Å². The van der Waals surface area contributed by atoms with Gasteiger partial charge in [-0.15, -0.1) is 0 Å². The molecule has 6 heteroatoms. The van der Waals surface area contributed by atoms with Gasteiger partial charge in [-0.3, -0.25) is 4.79 Å². The Kier molecular flexibility index (Phi) is 5.78. The monoisotopic (exact) mass is 329 g/mol. The Balaban J connectivity index is 2.07. The van der Waals surface area contributed by atoms with Crippen LogP contribution in [-0.2, 0) is 4.79 Å². The van der Waals surface area contributed by atoms with E-state index in [0.29, 0.717) is 29.4 Å². The molecule has 0 aliphatic heterocycles. The molecule has 6 nitrogen and oxygen atoms in total. The van der Waals surface area contributed by atoms with Crippen molar-refractivity contribution >= 4 is 17.6 Å². The van der Waals surface area contributed by atoms with E-state index in [1.165, 1.54) is 6.92 Å². The molecule has 0 unspecified atom stereocenters. The number of carboxylic acid groups (broad SMARTS) is 1. The molecule has 0 saturated carbocycles. The van der Waals surface area contributed by atoms with Crippen molar-refractivity contribution in [2.24, 2.45) is 0 Å². The first-order valence-corrected chi connectivity index (χ1v) is 7.54. The summed E-state index contributed by atoms with van der Waals surface area (Å²) in [5, 5.41) is 11.6. The summed E-state index contributed by atoms with van der Waals surface area (Å²) >= 11 is 0. The van der Waals surface area contributed by atoms with Gasteiger partial charge in [0.05, 0.1) is 12.3 Å². The van der Waals surface area contributed by atoms with Crippen molar-refractivity contribution in [3.8, 4) is 11.5 Å². The first-order chi connectivity index (χ1) is 11.5. The van der Waals surface area contributed by atoms with Crippen molar-refractivity contribution in [1.82, 2.24) is 0 Å². The summed E-state index contributed by atoms with van der Waals surface area (Å²) in [6, 6.07) is 13.4. The van der Waals surface area contributed by atoms with Crippen LogP contribution in [0.1, 0.15) is 24.2 Å². The maximum atomic E-state index is 12.3. The number of rotatable bonds is 7. The zero-order valence-electron chi connectivity index (χ0n) is 13.5. The van der Waals surface area contributed by atoms with E-state index in [2.05, 4.69) is 5.32 Å². The fourth-order valence-corrected chi connectivity index (χ4v) is 1.99. The normalized spacial score (nSPS) is 11.4. The summed E-state index contributed by atoms with van der Waals surface area (Å²) in [7, 11) is 0. The lowest BCUT2D eigenvalue weighted by molar-refractivity contribution is -0.144. The molecule has 24 heavy (non-hydrogen) atoms. The molecule has 0 fully saturated rings. The molecule has 0 aromatic heterocycles. The third kappa shape index (κ3) is 4.49. The van der Waals surface area contributed by atoms with Crippen LogP contribution in [0.5, 0.6) is 11.5 Å². The molecule has 0 bridgehead atoms. The number of benzene rings is 2. The SMILES string of the molecule is CCOc1ccccc1NC(=O)c1ccc(O[C@@H](C)C(=O)O)cc1. The topological polar surface area (TPSA) is 84.9 Å². The van der Waals surface area contributed by atoms with E-state index in [1.54, 1.807) is 36.4 Å². The number of amides is 1. The van der Waals surface area contributed by atoms with Crippen LogP contribution < -0.4 is 14.8 Å². The van der Waals surface area contributed by atoms with E-state index in [1.807, 2.05) is 19.1 Å². The van der Waals surface area contributed by atoms with Gasteiger partial charge in [0.15, 0.2) is 6.10 Å². The number of carboxylic acids is 1. The average Bonchev–Trinajstić information content (AvgIpc) is 2.57. The van der Waals surface area contributed by atoms with Gasteiger partial charge in [0.25, 0.3) is 5.91 Å². The molecule has 0 aliphatic rings. The van der Waals surface area contributed by atoms with Crippen molar-refractivity contribution in [3.63, 3.8) is 0 Å². The maximum Gasteiger partial charge on any atom is 0.344 e. The molecule has 2 N–H and O–H groups in total. The van der Waals surface area contributed by atoms with Gasteiger partial charge < -0.3 is 19.9 Å². The number of hydrogen-bond acceptors (Lipinski definition) is 4. The fraction of sp³-hybridized carbons (Fsp3) is 0.222. The predicted molar refractivity (Wildman–Crippen MR) is 89.7 cm³/mol. The number of carbonyl (C=O) groups excluding carboxylic acids is 1. The summed E-state index contributed by atoms with van der Waals surface area (Å²) in [5.74, 6) is -0.357. The second-order valence-corrected chi connectivity index (χ2v) is 5.01. The molecule has 2 rings (SSSR count). The van der Waals surface area contributed by atoms with Gasteiger partial charge >= 0.3 is 5.97 Å². The van der Waals surface area contributed by atoms with Crippen molar-refractivity contribution < 1.29 is 24.2 Å². The highest BCUT2D eigenvalue weighted by molar-refractivity contribution is 6.05. The number of nitrogens with one attached hydrogen (secondary N) is 1. The largest absolute Gasteiger partial charge is 0.492 e. The third-order valence-corrected chi connectivity index (χ3v) is 3.21. The Bertz CT molecular complexity index is 712. The van der Waals surface area contributed by atoms with E-state index in [0.717, 1.165) is 0 Å². The highest BCUT2D eigenvalue weighted by atomic mass is 16.5. The summed E-state index contributed by atoms with van der Waals surface area (Å²) in [4.78, 5) is 23.1. The standard InChI is InChI=1S/C18H19NO5/c1-3-23-16-7-5-4-6-15(16)19-17(20)13-8-10-14(11-9-13)24-12(2)18(21)22/h4-12H,3H2,1-2H3,(H,19,20)(H,21,22)/t12-/m0/s1. The molecule has 2 aromatic carbocycles. The third-order valence-electron chi connectivity index (χ3n) is 3.21. The molecule has 0 spiro atoms. The summed E-state index contributed by atoms with van der Waals surface area (Å²) in [6.07, 6.45) is -0.956. The van der Waals surface area contributed by atoms with Crippen LogP contribution in [0.2, 0.25) is 0 Å². The first-order valence-electron chi connectivity index (χ1n) is 7.54. The number of ether oxygens (including phenoxy) is 2. The van der Waals surface area contributed by atoms with Crippen molar-refractivity contribution in [3.05, 3.63) is 54.1 Å². The van der Waals surface area contributed by atoms with Crippen molar-refractivity contribution in [1.29, 1.82) is 0 Å². The van der Waals surface area contributed by atoms with Gasteiger partial charge in [-0.25, -0.2) is 4.79 Å². The lowest BCUT2D eigenvalue weighted by Crippen LogP contribution is -2.22. The van der Waals surface area contributed by atoms with E-state index >= 15 is 0 Å². The molecule has 0 radical (unpaired) electrons. The van der Waals surface area contributed by atoms with Crippen molar-refractivity contribution in [2.45, 2.75) is 20.0 Å². The van der Waals surface area contributed by atoms with Gasteiger partial charge in [0.1, 0.15) is 11.5 Å². The number of para-hydroxylation sites is 2. The first kappa shape index (κ1) is 17.3. The van der Waals surface area contributed by atoms with E-state index in [4.69, 9.17) is 14.6 Å². The van der Waals surface area contributed by atoms with Gasteiger partial charge in [0.2, 0.25) is 0 Å². The van der Waals surface area contributed by atoms with Gasteiger partial charge in [-0.1, -0.05) is 12.1 Å². The zero-order valence-corrected chi connectivity index (χ0v) is 13.5. The second kappa shape index (κ2) is 8.01. The minimum Gasteiger partial charge on any atom is -0.492 e. The minimum absolute atomic E-state index is 0.292. The van der Waals surface area contributed by atoms with Crippen LogP contribution in [0, 0.1) is 0 Å². The van der Waals surface area contributed by atoms with Gasteiger partial charge in [-0.05, 0) is 50.2 Å². The van der Waals surface area contributed by atoms with Gasteiger partial charge in [0, 0.05) is 5.56 Å². The molecule has 1 amide bonds. The number of aliphatic carboxylic acids is 1. The van der Waals surface area contributed by atoms with E-state index in [-0.39, 0.29) is 5.91 Å². The predicted octanol–water partition coefficient (Wildman–Crippen LogP) is 3.19. The van der Waals surface area contributed by atoms with Crippen LogP contribution >= 0.6 is 0 Å². The lowest BCUT2D eigenvalue weighted by Gasteiger charge is -2.12. The summed E-state index contributed by atoms with van der Waals surface area (Å²) in [6.45, 7) is 3.81. The number of carbonyl (C=O) groups is 2. The van der Waals surface area contributed by atoms with Crippen LogP contribution in [0.25, 0.3) is 0 Å². The average molecular weight is 329 g/mol. The summed E-state index contributed by atoms with van der Waals surface area (Å²) < 4.78 is 10.7. The Morgan fingerprint density at radius 3 is 2.42 bits per heavy atom. The minimum atomic E-state index is -1.05. The van der Waals surface area contributed by atoms with Crippen LogP contribution in [0.15, 0.2) is 48.5 Å². The molecular formula is C18H19NO5. The highest BCUT2D eigenvalue weighted by Crippen LogP contribution is 2.24. The lowest BCUT2D eigenvalue weighted by atomic mass is 10.2. The van der Waals surface area contributed by atoms with Crippen LogP contribution in [-0.4, -0.2) is 29.7 Å². The number of anilines is 1. The molecule has 2 aromatic rings. The highest BCUT2D eigenvalue weighted by Gasteiger charge is 2.13.